The molecule has 1 saturated heterocycles. The largest absolute Gasteiger partial charge is 0.490 e. The van der Waals surface area contributed by atoms with Gasteiger partial charge in [0.25, 0.3) is 11.1 Å². The van der Waals surface area contributed by atoms with E-state index in [0.29, 0.717) is 29.6 Å². The molecule has 0 unspecified atom stereocenters. The SMILES string of the molecule is CCCOc1ccc(/C=C2\SC(=O)N(Cc3ccc(C)cc3)C2=O)cc1OCC. The summed E-state index contributed by atoms with van der Waals surface area (Å²) in [5.74, 6) is 1.04. The minimum atomic E-state index is -0.273. The van der Waals surface area contributed by atoms with Gasteiger partial charge >= 0.3 is 0 Å². The summed E-state index contributed by atoms with van der Waals surface area (Å²) in [6.45, 7) is 7.35. The number of thioether (sulfide) groups is 1. The highest BCUT2D eigenvalue weighted by Gasteiger charge is 2.35. The molecule has 3 rings (SSSR count). The number of carbonyl (C=O) groups is 2. The molecule has 2 amide bonds. The van der Waals surface area contributed by atoms with Crippen LogP contribution in [0, 0.1) is 6.92 Å². The molecule has 29 heavy (non-hydrogen) atoms. The van der Waals surface area contributed by atoms with Gasteiger partial charge in [-0.15, -0.1) is 0 Å². The average molecular weight is 412 g/mol. The van der Waals surface area contributed by atoms with Crippen LogP contribution < -0.4 is 9.47 Å². The van der Waals surface area contributed by atoms with E-state index in [1.807, 2.05) is 63.2 Å². The second-order valence-electron chi connectivity index (χ2n) is 6.74. The van der Waals surface area contributed by atoms with E-state index in [1.165, 1.54) is 4.90 Å². The third-order valence-corrected chi connectivity index (χ3v) is 5.27. The fourth-order valence-corrected chi connectivity index (χ4v) is 3.72. The number of carbonyl (C=O) groups excluding carboxylic acids is 2. The molecule has 5 nitrogen and oxygen atoms in total. The first-order chi connectivity index (χ1) is 14.0. The summed E-state index contributed by atoms with van der Waals surface area (Å²) >= 11 is 0.963. The van der Waals surface area contributed by atoms with Crippen LogP contribution in [0.5, 0.6) is 11.5 Å². The van der Waals surface area contributed by atoms with Gasteiger partial charge in [-0.25, -0.2) is 0 Å². The van der Waals surface area contributed by atoms with Gasteiger partial charge in [-0.3, -0.25) is 14.5 Å². The van der Waals surface area contributed by atoms with Crippen molar-refractivity contribution in [1.29, 1.82) is 0 Å². The Morgan fingerprint density at radius 2 is 1.76 bits per heavy atom. The molecule has 2 aromatic rings. The summed E-state index contributed by atoms with van der Waals surface area (Å²) < 4.78 is 11.4. The highest BCUT2D eigenvalue weighted by Crippen LogP contribution is 2.35. The van der Waals surface area contributed by atoms with Gasteiger partial charge in [-0.05, 0) is 61.4 Å². The lowest BCUT2D eigenvalue weighted by molar-refractivity contribution is -0.123. The number of hydrogen-bond donors (Lipinski definition) is 0. The van der Waals surface area contributed by atoms with Crippen molar-refractivity contribution >= 4 is 29.0 Å². The first-order valence-electron chi connectivity index (χ1n) is 9.72. The molecule has 0 aliphatic carbocycles. The van der Waals surface area contributed by atoms with E-state index in [-0.39, 0.29) is 17.7 Å². The third kappa shape index (κ3) is 5.21. The van der Waals surface area contributed by atoms with Crippen LogP contribution in [-0.2, 0) is 11.3 Å². The van der Waals surface area contributed by atoms with Crippen LogP contribution >= 0.6 is 11.8 Å². The molecular formula is C23H25NO4S. The Hall–Kier alpha value is -2.73. The van der Waals surface area contributed by atoms with Crippen LogP contribution in [-0.4, -0.2) is 29.3 Å². The highest BCUT2D eigenvalue weighted by molar-refractivity contribution is 8.18. The number of amides is 2. The summed E-state index contributed by atoms with van der Waals surface area (Å²) in [6.07, 6.45) is 2.63. The first kappa shape index (κ1) is 21.0. The van der Waals surface area contributed by atoms with E-state index >= 15 is 0 Å². The summed E-state index contributed by atoms with van der Waals surface area (Å²) in [6, 6.07) is 13.4. The normalized spacial score (nSPS) is 15.3. The monoisotopic (exact) mass is 411 g/mol. The van der Waals surface area contributed by atoms with Crippen LogP contribution in [0.2, 0.25) is 0 Å². The predicted octanol–water partition coefficient (Wildman–Crippen LogP) is 5.42. The topological polar surface area (TPSA) is 55.8 Å². The molecule has 1 heterocycles. The maximum Gasteiger partial charge on any atom is 0.293 e. The molecule has 0 saturated carbocycles. The van der Waals surface area contributed by atoms with E-state index in [2.05, 4.69) is 0 Å². The van der Waals surface area contributed by atoms with E-state index in [4.69, 9.17) is 9.47 Å². The Kier molecular flexibility index (Phi) is 6.99. The van der Waals surface area contributed by atoms with Crippen molar-refractivity contribution in [1.82, 2.24) is 4.90 Å². The molecule has 6 heteroatoms. The van der Waals surface area contributed by atoms with Gasteiger partial charge in [-0.2, -0.15) is 0 Å². The molecule has 0 N–H and O–H groups in total. The zero-order valence-corrected chi connectivity index (χ0v) is 17.8. The molecular weight excluding hydrogens is 386 g/mol. The summed E-state index contributed by atoms with van der Waals surface area (Å²) in [4.78, 5) is 26.8. The zero-order valence-electron chi connectivity index (χ0n) is 16.9. The van der Waals surface area contributed by atoms with Crippen molar-refractivity contribution in [2.24, 2.45) is 0 Å². The summed E-state index contributed by atoms with van der Waals surface area (Å²) in [5.41, 5.74) is 2.85. The molecule has 0 atom stereocenters. The van der Waals surface area contributed by atoms with Crippen molar-refractivity contribution in [3.63, 3.8) is 0 Å². The van der Waals surface area contributed by atoms with Crippen LogP contribution in [0.1, 0.15) is 37.0 Å². The fraction of sp³-hybridized carbons (Fsp3) is 0.304. The predicted molar refractivity (Wildman–Crippen MR) is 116 cm³/mol. The minimum Gasteiger partial charge on any atom is -0.490 e. The number of aryl methyl sites for hydroxylation is 1. The number of rotatable bonds is 8. The van der Waals surface area contributed by atoms with Crippen LogP contribution in [0.25, 0.3) is 6.08 Å². The van der Waals surface area contributed by atoms with E-state index < -0.39 is 0 Å². The average Bonchev–Trinajstić information content (AvgIpc) is 2.96. The molecule has 2 aromatic carbocycles. The quantitative estimate of drug-likeness (QED) is 0.543. The fourth-order valence-electron chi connectivity index (χ4n) is 2.88. The van der Waals surface area contributed by atoms with Crippen molar-refractivity contribution < 1.29 is 19.1 Å². The van der Waals surface area contributed by atoms with Gasteiger partial charge in [0.05, 0.1) is 24.7 Å². The maximum atomic E-state index is 12.8. The third-order valence-electron chi connectivity index (χ3n) is 4.36. The number of ether oxygens (including phenoxy) is 2. The van der Waals surface area contributed by atoms with Crippen molar-refractivity contribution in [3.05, 3.63) is 64.1 Å². The molecule has 0 aromatic heterocycles. The van der Waals surface area contributed by atoms with Crippen molar-refractivity contribution in [3.8, 4) is 11.5 Å². The summed E-state index contributed by atoms with van der Waals surface area (Å²) in [7, 11) is 0. The van der Waals surface area contributed by atoms with Gasteiger partial charge in [-0.1, -0.05) is 42.8 Å². The Balaban J connectivity index is 1.79. The van der Waals surface area contributed by atoms with Gasteiger partial charge < -0.3 is 9.47 Å². The number of nitrogens with zero attached hydrogens (tertiary/aromatic N) is 1. The zero-order chi connectivity index (χ0) is 20.8. The molecule has 0 radical (unpaired) electrons. The molecule has 1 aliphatic heterocycles. The van der Waals surface area contributed by atoms with E-state index in [1.54, 1.807) is 6.08 Å². The lowest BCUT2D eigenvalue weighted by atomic mass is 10.1. The first-order valence-corrected chi connectivity index (χ1v) is 10.5. The second kappa shape index (κ2) is 9.65. The lowest BCUT2D eigenvalue weighted by Gasteiger charge is -2.13. The van der Waals surface area contributed by atoms with E-state index in [9.17, 15) is 9.59 Å². The van der Waals surface area contributed by atoms with Gasteiger partial charge in [0.15, 0.2) is 11.5 Å². The van der Waals surface area contributed by atoms with Crippen LogP contribution in [0.3, 0.4) is 0 Å². The Bertz CT molecular complexity index is 921. The Labute approximate surface area is 175 Å². The molecule has 152 valence electrons. The number of benzene rings is 2. The number of hydrogen-bond acceptors (Lipinski definition) is 5. The standard InChI is InChI=1S/C23H25NO4S/c1-4-12-28-19-11-10-18(13-20(19)27-5-2)14-21-22(25)24(23(26)29-21)15-17-8-6-16(3)7-9-17/h6-11,13-14H,4-5,12,15H2,1-3H3/b21-14-. The van der Waals surface area contributed by atoms with Gasteiger partial charge in [0.2, 0.25) is 0 Å². The highest BCUT2D eigenvalue weighted by atomic mass is 32.2. The van der Waals surface area contributed by atoms with E-state index in [0.717, 1.165) is 34.9 Å². The Morgan fingerprint density at radius 1 is 1.00 bits per heavy atom. The second-order valence-corrected chi connectivity index (χ2v) is 7.73. The van der Waals surface area contributed by atoms with Crippen LogP contribution in [0.4, 0.5) is 4.79 Å². The maximum absolute atomic E-state index is 12.8. The Morgan fingerprint density at radius 3 is 2.45 bits per heavy atom. The van der Waals surface area contributed by atoms with Crippen molar-refractivity contribution in [2.45, 2.75) is 33.7 Å². The smallest absolute Gasteiger partial charge is 0.293 e. The number of imide groups is 1. The van der Waals surface area contributed by atoms with Crippen molar-refractivity contribution in [2.75, 3.05) is 13.2 Å². The molecule has 0 spiro atoms. The minimum absolute atomic E-state index is 0.255. The van der Waals surface area contributed by atoms with Gasteiger partial charge in [0.1, 0.15) is 0 Å². The van der Waals surface area contributed by atoms with Gasteiger partial charge in [0, 0.05) is 0 Å². The molecule has 1 fully saturated rings. The molecule has 0 bridgehead atoms. The lowest BCUT2D eigenvalue weighted by Crippen LogP contribution is -2.27. The molecule has 1 aliphatic rings. The summed E-state index contributed by atoms with van der Waals surface area (Å²) in [5, 5.41) is -0.255. The van der Waals surface area contributed by atoms with Crippen LogP contribution in [0.15, 0.2) is 47.4 Å².